The lowest BCUT2D eigenvalue weighted by atomic mass is 9.83. The third-order valence-corrected chi connectivity index (χ3v) is 5.08. The third kappa shape index (κ3) is 3.83. The van der Waals surface area contributed by atoms with Gasteiger partial charge in [-0.3, -0.25) is 0 Å². The van der Waals surface area contributed by atoms with Crippen molar-refractivity contribution in [3.63, 3.8) is 0 Å². The summed E-state index contributed by atoms with van der Waals surface area (Å²) < 4.78 is 0. The predicted octanol–water partition coefficient (Wildman–Crippen LogP) is 4.33. The fourth-order valence-electron chi connectivity index (χ4n) is 2.32. The number of aryl methyl sites for hydroxylation is 1. The van der Waals surface area contributed by atoms with Crippen LogP contribution >= 0.6 is 11.3 Å². The Labute approximate surface area is 131 Å². The van der Waals surface area contributed by atoms with Crippen molar-refractivity contribution < 1.29 is 5.11 Å². The standard InChI is InChI=1S/C17H24N2OS/c1-4-17(5-2,12-20)11-18-15-8-6-14(7-9-15)16-10-21-13(3)19-16/h6-10,18,20H,4-5,11-12H2,1-3H3. The number of aliphatic hydroxyl groups is 1. The summed E-state index contributed by atoms with van der Waals surface area (Å²) in [6.07, 6.45) is 1.95. The van der Waals surface area contributed by atoms with Crippen molar-refractivity contribution in [2.75, 3.05) is 18.5 Å². The number of aromatic nitrogens is 1. The Morgan fingerprint density at radius 1 is 1.19 bits per heavy atom. The molecule has 0 spiro atoms. The fraction of sp³-hybridized carbons (Fsp3) is 0.471. The van der Waals surface area contributed by atoms with E-state index in [1.54, 1.807) is 11.3 Å². The van der Waals surface area contributed by atoms with Gasteiger partial charge in [-0.25, -0.2) is 4.98 Å². The van der Waals surface area contributed by atoms with E-state index >= 15 is 0 Å². The van der Waals surface area contributed by atoms with Crippen LogP contribution in [0.15, 0.2) is 29.6 Å². The number of thiazole rings is 1. The topological polar surface area (TPSA) is 45.1 Å². The molecule has 114 valence electrons. The monoisotopic (exact) mass is 304 g/mol. The smallest absolute Gasteiger partial charge is 0.0901 e. The van der Waals surface area contributed by atoms with E-state index in [0.717, 1.165) is 41.3 Å². The molecule has 0 radical (unpaired) electrons. The molecule has 1 aromatic carbocycles. The minimum atomic E-state index is -0.0231. The average Bonchev–Trinajstić information content (AvgIpc) is 2.96. The maximum atomic E-state index is 9.60. The molecular formula is C17H24N2OS. The minimum Gasteiger partial charge on any atom is -0.396 e. The van der Waals surface area contributed by atoms with E-state index in [-0.39, 0.29) is 12.0 Å². The van der Waals surface area contributed by atoms with Gasteiger partial charge in [-0.05, 0) is 31.9 Å². The average molecular weight is 304 g/mol. The third-order valence-electron chi connectivity index (χ3n) is 4.30. The van der Waals surface area contributed by atoms with Crippen LogP contribution in [0.3, 0.4) is 0 Å². The quantitative estimate of drug-likeness (QED) is 0.800. The summed E-state index contributed by atoms with van der Waals surface area (Å²) in [5.41, 5.74) is 3.25. The second-order valence-electron chi connectivity index (χ2n) is 5.55. The van der Waals surface area contributed by atoms with E-state index in [1.807, 2.05) is 6.92 Å². The van der Waals surface area contributed by atoms with Crippen molar-refractivity contribution >= 4 is 17.0 Å². The van der Waals surface area contributed by atoms with Gasteiger partial charge >= 0.3 is 0 Å². The number of hydrogen-bond acceptors (Lipinski definition) is 4. The summed E-state index contributed by atoms with van der Waals surface area (Å²) in [6, 6.07) is 8.35. The van der Waals surface area contributed by atoms with Crippen molar-refractivity contribution in [3.05, 3.63) is 34.7 Å². The van der Waals surface area contributed by atoms with Gasteiger partial charge in [0.2, 0.25) is 0 Å². The number of rotatable bonds is 7. The van der Waals surface area contributed by atoms with Crippen molar-refractivity contribution in [2.24, 2.45) is 5.41 Å². The fourth-order valence-corrected chi connectivity index (χ4v) is 2.95. The highest BCUT2D eigenvalue weighted by molar-refractivity contribution is 7.09. The van der Waals surface area contributed by atoms with Crippen LogP contribution in [0.25, 0.3) is 11.3 Å². The van der Waals surface area contributed by atoms with Crippen LogP contribution < -0.4 is 5.32 Å². The van der Waals surface area contributed by atoms with Crippen LogP contribution in [-0.2, 0) is 0 Å². The molecule has 4 heteroatoms. The van der Waals surface area contributed by atoms with Crippen LogP contribution in [0.1, 0.15) is 31.7 Å². The van der Waals surface area contributed by atoms with Gasteiger partial charge < -0.3 is 10.4 Å². The first kappa shape index (κ1) is 16.0. The van der Waals surface area contributed by atoms with Gasteiger partial charge in [-0.15, -0.1) is 11.3 Å². The highest BCUT2D eigenvalue weighted by Crippen LogP contribution is 2.27. The van der Waals surface area contributed by atoms with E-state index in [0.29, 0.717) is 0 Å². The largest absolute Gasteiger partial charge is 0.396 e. The Morgan fingerprint density at radius 2 is 1.86 bits per heavy atom. The summed E-state index contributed by atoms with van der Waals surface area (Å²) in [4.78, 5) is 4.50. The highest BCUT2D eigenvalue weighted by atomic mass is 32.1. The molecule has 1 heterocycles. The molecule has 2 N–H and O–H groups in total. The molecule has 0 fully saturated rings. The van der Waals surface area contributed by atoms with E-state index in [9.17, 15) is 5.11 Å². The van der Waals surface area contributed by atoms with Gasteiger partial charge in [-0.1, -0.05) is 26.0 Å². The van der Waals surface area contributed by atoms with Crippen molar-refractivity contribution in [1.82, 2.24) is 4.98 Å². The highest BCUT2D eigenvalue weighted by Gasteiger charge is 2.24. The van der Waals surface area contributed by atoms with E-state index in [4.69, 9.17) is 0 Å². The van der Waals surface area contributed by atoms with Gasteiger partial charge in [0.25, 0.3) is 0 Å². The zero-order chi connectivity index (χ0) is 15.3. The molecule has 2 rings (SSSR count). The van der Waals surface area contributed by atoms with Gasteiger partial charge in [0.15, 0.2) is 0 Å². The first-order chi connectivity index (χ1) is 10.1. The summed E-state index contributed by atoms with van der Waals surface area (Å²) in [5, 5.41) is 16.2. The maximum absolute atomic E-state index is 9.60. The molecule has 0 saturated carbocycles. The SMILES string of the molecule is CCC(CC)(CO)CNc1ccc(-c2csc(C)n2)cc1. The number of nitrogens with one attached hydrogen (secondary N) is 1. The van der Waals surface area contributed by atoms with Crippen molar-refractivity contribution in [3.8, 4) is 11.3 Å². The number of anilines is 1. The van der Waals surface area contributed by atoms with Gasteiger partial charge in [0.05, 0.1) is 17.3 Å². The molecule has 0 saturated heterocycles. The zero-order valence-corrected chi connectivity index (χ0v) is 13.8. The lowest BCUT2D eigenvalue weighted by molar-refractivity contribution is 0.127. The van der Waals surface area contributed by atoms with Crippen LogP contribution in [0.5, 0.6) is 0 Å². The number of nitrogens with zero attached hydrogens (tertiary/aromatic N) is 1. The molecular weight excluding hydrogens is 280 g/mol. The van der Waals surface area contributed by atoms with Gasteiger partial charge in [0.1, 0.15) is 0 Å². The van der Waals surface area contributed by atoms with E-state index in [1.165, 1.54) is 0 Å². The maximum Gasteiger partial charge on any atom is 0.0901 e. The van der Waals surface area contributed by atoms with E-state index in [2.05, 4.69) is 53.8 Å². The molecule has 1 aromatic heterocycles. The summed E-state index contributed by atoms with van der Waals surface area (Å²) in [5.74, 6) is 0. The molecule has 0 atom stereocenters. The van der Waals surface area contributed by atoms with Crippen LogP contribution in [0, 0.1) is 12.3 Å². The van der Waals surface area contributed by atoms with Crippen LogP contribution in [0.2, 0.25) is 0 Å². The molecule has 2 aromatic rings. The second kappa shape index (κ2) is 7.05. The molecule has 3 nitrogen and oxygen atoms in total. The molecule has 0 unspecified atom stereocenters. The normalized spacial score (nSPS) is 11.6. The van der Waals surface area contributed by atoms with Crippen LogP contribution in [0.4, 0.5) is 5.69 Å². The zero-order valence-electron chi connectivity index (χ0n) is 13.0. The van der Waals surface area contributed by atoms with Crippen LogP contribution in [-0.4, -0.2) is 23.2 Å². The molecule has 0 bridgehead atoms. The first-order valence-corrected chi connectivity index (χ1v) is 8.37. The van der Waals surface area contributed by atoms with Gasteiger partial charge in [0, 0.05) is 28.6 Å². The number of aliphatic hydroxyl groups excluding tert-OH is 1. The summed E-state index contributed by atoms with van der Waals surface area (Å²) >= 11 is 1.67. The lowest BCUT2D eigenvalue weighted by Gasteiger charge is -2.30. The van der Waals surface area contributed by atoms with Gasteiger partial charge in [-0.2, -0.15) is 0 Å². The summed E-state index contributed by atoms with van der Waals surface area (Å²) in [6.45, 7) is 7.31. The Kier molecular flexibility index (Phi) is 5.37. The Morgan fingerprint density at radius 3 is 2.33 bits per heavy atom. The molecule has 0 aliphatic heterocycles. The Hall–Kier alpha value is -1.39. The first-order valence-electron chi connectivity index (χ1n) is 7.50. The minimum absolute atomic E-state index is 0.0231. The van der Waals surface area contributed by atoms with E-state index < -0.39 is 0 Å². The Balaban J connectivity index is 2.03. The molecule has 0 aliphatic rings. The van der Waals surface area contributed by atoms with Crippen molar-refractivity contribution in [2.45, 2.75) is 33.6 Å². The lowest BCUT2D eigenvalue weighted by Crippen LogP contribution is -2.32. The molecule has 21 heavy (non-hydrogen) atoms. The second-order valence-corrected chi connectivity index (χ2v) is 6.61. The Bertz CT molecular complexity index is 550. The molecule has 0 aliphatic carbocycles. The molecule has 0 amide bonds. The number of benzene rings is 1. The predicted molar refractivity (Wildman–Crippen MR) is 90.9 cm³/mol. The van der Waals surface area contributed by atoms with Crippen molar-refractivity contribution in [1.29, 1.82) is 0 Å². The summed E-state index contributed by atoms with van der Waals surface area (Å²) in [7, 11) is 0. The number of hydrogen-bond donors (Lipinski definition) is 2.